The number of nitrogens with one attached hydrogen (secondary N) is 1. The summed E-state index contributed by atoms with van der Waals surface area (Å²) in [5.41, 5.74) is 0.106. The maximum absolute atomic E-state index is 12.8. The van der Waals surface area contributed by atoms with Crippen molar-refractivity contribution in [1.82, 2.24) is 5.32 Å². The second-order valence-electron chi connectivity index (χ2n) is 6.18. The number of rotatable bonds is 6. The molecular formula is C19H16F3NO4S. The number of thioether (sulfide) groups is 1. The van der Waals surface area contributed by atoms with Gasteiger partial charge in [-0.3, -0.25) is 14.9 Å². The Hall–Kier alpha value is -2.52. The summed E-state index contributed by atoms with van der Waals surface area (Å²) in [4.78, 5) is 22.8. The number of benzene rings is 2. The lowest BCUT2D eigenvalue weighted by Crippen LogP contribution is -2.25. The Kier molecular flexibility index (Phi) is 5.95. The van der Waals surface area contributed by atoms with E-state index in [1.165, 1.54) is 12.1 Å². The number of alkyl halides is 3. The summed E-state index contributed by atoms with van der Waals surface area (Å²) in [5, 5.41) is 11.5. The van der Waals surface area contributed by atoms with Gasteiger partial charge >= 0.3 is 6.18 Å². The monoisotopic (exact) mass is 411 g/mol. The topological polar surface area (TPSA) is 75.6 Å². The lowest BCUT2D eigenvalue weighted by molar-refractivity contribution is -0.137. The summed E-state index contributed by atoms with van der Waals surface area (Å²) in [5.74, 6) is 0.105. The number of ether oxygens (including phenoxy) is 1. The maximum Gasteiger partial charge on any atom is 0.416 e. The Labute approximate surface area is 162 Å². The van der Waals surface area contributed by atoms with Gasteiger partial charge in [0.2, 0.25) is 5.91 Å². The van der Waals surface area contributed by atoms with Gasteiger partial charge in [-0.2, -0.15) is 13.2 Å². The second-order valence-corrected chi connectivity index (χ2v) is 7.36. The third-order valence-corrected chi connectivity index (χ3v) is 5.10. The molecule has 0 saturated carbocycles. The van der Waals surface area contributed by atoms with E-state index in [1.807, 2.05) is 0 Å². The lowest BCUT2D eigenvalue weighted by atomic mass is 10.1. The molecule has 1 aliphatic rings. The number of carbonyl (C=O) groups is 2. The van der Waals surface area contributed by atoms with Crippen LogP contribution in [0.1, 0.15) is 22.8 Å². The maximum atomic E-state index is 12.8. The molecule has 148 valence electrons. The zero-order valence-corrected chi connectivity index (χ0v) is 15.2. The molecule has 2 aromatic rings. The van der Waals surface area contributed by atoms with Gasteiger partial charge in [0, 0.05) is 0 Å². The molecule has 1 unspecified atom stereocenters. The van der Waals surface area contributed by atoms with Gasteiger partial charge in [0.1, 0.15) is 18.5 Å². The summed E-state index contributed by atoms with van der Waals surface area (Å²) in [6.07, 6.45) is -5.31. The normalized spacial score (nSPS) is 18.1. The van der Waals surface area contributed by atoms with E-state index < -0.39 is 23.1 Å². The predicted molar refractivity (Wildman–Crippen MR) is 97.0 cm³/mol. The molecule has 2 amide bonds. The molecule has 0 aliphatic carbocycles. The Bertz CT molecular complexity index is 870. The molecule has 0 aromatic heterocycles. The molecule has 1 heterocycles. The second kappa shape index (κ2) is 8.24. The molecule has 0 spiro atoms. The highest BCUT2D eigenvalue weighted by atomic mass is 32.2. The molecule has 1 fully saturated rings. The third kappa shape index (κ3) is 5.05. The van der Waals surface area contributed by atoms with Crippen molar-refractivity contribution in [2.75, 3.05) is 6.61 Å². The van der Waals surface area contributed by atoms with Crippen LogP contribution in [0.25, 0.3) is 0 Å². The molecule has 3 rings (SSSR count). The highest BCUT2D eigenvalue weighted by molar-refractivity contribution is 8.15. The number of aliphatic hydroxyl groups excluding tert-OH is 1. The van der Waals surface area contributed by atoms with Crippen LogP contribution in [0, 0.1) is 0 Å². The van der Waals surface area contributed by atoms with E-state index in [-0.39, 0.29) is 23.3 Å². The van der Waals surface area contributed by atoms with Crippen LogP contribution < -0.4 is 10.1 Å². The number of halogens is 3. The van der Waals surface area contributed by atoms with E-state index in [0.29, 0.717) is 12.2 Å². The van der Waals surface area contributed by atoms with Crippen molar-refractivity contribution in [1.29, 1.82) is 0 Å². The first-order valence-corrected chi connectivity index (χ1v) is 9.19. The Morgan fingerprint density at radius 3 is 2.46 bits per heavy atom. The number of hydrogen-bond acceptors (Lipinski definition) is 5. The fourth-order valence-electron chi connectivity index (χ4n) is 2.66. The lowest BCUT2D eigenvalue weighted by Gasteiger charge is -2.15. The van der Waals surface area contributed by atoms with Gasteiger partial charge in [0.05, 0.1) is 10.8 Å². The summed E-state index contributed by atoms with van der Waals surface area (Å²) in [6, 6.07) is 11.2. The summed E-state index contributed by atoms with van der Waals surface area (Å²) >= 11 is 0.943. The van der Waals surface area contributed by atoms with Crippen molar-refractivity contribution in [2.24, 2.45) is 0 Å². The van der Waals surface area contributed by atoms with E-state index in [1.54, 1.807) is 24.3 Å². The molecule has 1 saturated heterocycles. The van der Waals surface area contributed by atoms with Crippen molar-refractivity contribution in [2.45, 2.75) is 24.0 Å². The minimum absolute atomic E-state index is 0.111. The Morgan fingerprint density at radius 1 is 1.14 bits per heavy atom. The molecule has 5 nitrogen and oxygen atoms in total. The number of amides is 2. The summed E-state index contributed by atoms with van der Waals surface area (Å²) < 4.78 is 43.7. The van der Waals surface area contributed by atoms with Crippen LogP contribution in [-0.2, 0) is 17.4 Å². The summed E-state index contributed by atoms with van der Waals surface area (Å²) in [7, 11) is 0. The van der Waals surface area contributed by atoms with Gasteiger partial charge in [-0.05, 0) is 41.8 Å². The first-order valence-electron chi connectivity index (χ1n) is 8.31. The number of carbonyl (C=O) groups excluding carboxylic acids is 2. The molecule has 28 heavy (non-hydrogen) atoms. The van der Waals surface area contributed by atoms with Crippen LogP contribution in [-0.4, -0.2) is 28.1 Å². The van der Waals surface area contributed by atoms with Crippen LogP contribution >= 0.6 is 11.8 Å². The molecule has 2 atom stereocenters. The molecule has 2 aromatic carbocycles. The molecular weight excluding hydrogens is 395 g/mol. The third-order valence-electron chi connectivity index (χ3n) is 4.12. The van der Waals surface area contributed by atoms with Crippen molar-refractivity contribution < 1.29 is 32.6 Å². The van der Waals surface area contributed by atoms with Crippen LogP contribution in [0.5, 0.6) is 5.75 Å². The number of hydrogen-bond donors (Lipinski definition) is 2. The van der Waals surface area contributed by atoms with Crippen molar-refractivity contribution >= 4 is 22.9 Å². The van der Waals surface area contributed by atoms with Gasteiger partial charge in [0.25, 0.3) is 5.24 Å². The molecule has 2 N–H and O–H groups in total. The van der Waals surface area contributed by atoms with E-state index in [4.69, 9.17) is 4.74 Å². The van der Waals surface area contributed by atoms with Gasteiger partial charge in [-0.15, -0.1) is 0 Å². The Balaban J connectivity index is 1.56. The Morgan fingerprint density at radius 2 is 1.86 bits per heavy atom. The smallest absolute Gasteiger partial charge is 0.416 e. The number of aliphatic hydroxyl groups is 1. The predicted octanol–water partition coefficient (Wildman–Crippen LogP) is 3.71. The van der Waals surface area contributed by atoms with Gasteiger partial charge in [-0.1, -0.05) is 36.0 Å². The highest BCUT2D eigenvalue weighted by Gasteiger charge is 2.32. The van der Waals surface area contributed by atoms with Crippen molar-refractivity contribution in [3.63, 3.8) is 0 Å². The fourth-order valence-corrected chi connectivity index (χ4v) is 3.52. The standard InChI is InChI=1S/C19H16F3NO4S/c20-19(21,22)13-3-1-2-12(9-13)15(24)10-27-14-6-4-11(5-7-14)8-16-17(25)23-18(26)28-16/h1-7,9,15-16,24H,8,10H2,(H,23,25,26)/t15-,16?/m0/s1. The minimum Gasteiger partial charge on any atom is -0.491 e. The summed E-state index contributed by atoms with van der Waals surface area (Å²) in [6.45, 7) is -0.212. The molecule has 0 radical (unpaired) electrons. The van der Waals surface area contributed by atoms with Crippen molar-refractivity contribution in [3.05, 3.63) is 65.2 Å². The number of imide groups is 1. The first-order chi connectivity index (χ1) is 13.2. The zero-order chi connectivity index (χ0) is 20.3. The van der Waals surface area contributed by atoms with Crippen molar-refractivity contribution in [3.8, 4) is 5.75 Å². The SMILES string of the molecule is O=C1NC(=O)C(Cc2ccc(OC[C@H](O)c3cccc(C(F)(F)F)c3)cc2)S1. The average Bonchev–Trinajstić information content (AvgIpc) is 2.97. The van der Waals surface area contributed by atoms with Crippen LogP contribution in [0.4, 0.5) is 18.0 Å². The molecule has 0 bridgehead atoms. The first kappa shape index (κ1) is 20.2. The highest BCUT2D eigenvalue weighted by Crippen LogP contribution is 2.31. The van der Waals surface area contributed by atoms with Gasteiger partial charge in [-0.25, -0.2) is 0 Å². The van der Waals surface area contributed by atoms with E-state index in [0.717, 1.165) is 29.5 Å². The van der Waals surface area contributed by atoms with Crippen LogP contribution in [0.15, 0.2) is 48.5 Å². The average molecular weight is 411 g/mol. The van der Waals surface area contributed by atoms with Gasteiger partial charge in [0.15, 0.2) is 0 Å². The van der Waals surface area contributed by atoms with E-state index in [9.17, 15) is 27.9 Å². The molecule has 1 aliphatic heterocycles. The largest absolute Gasteiger partial charge is 0.491 e. The zero-order valence-electron chi connectivity index (χ0n) is 14.4. The fraction of sp³-hybridized carbons (Fsp3) is 0.263. The van der Waals surface area contributed by atoms with Crippen LogP contribution in [0.3, 0.4) is 0 Å². The quantitative estimate of drug-likeness (QED) is 0.758. The van der Waals surface area contributed by atoms with E-state index in [2.05, 4.69) is 5.32 Å². The van der Waals surface area contributed by atoms with Crippen LogP contribution in [0.2, 0.25) is 0 Å². The molecule has 9 heteroatoms. The van der Waals surface area contributed by atoms with Gasteiger partial charge < -0.3 is 9.84 Å². The minimum atomic E-state index is -4.48. The van der Waals surface area contributed by atoms with E-state index >= 15 is 0 Å².